The molecular weight excluding hydrogens is 602 g/mol. The average molecular weight is 643 g/mol. The number of hydrogen-bond acceptors (Lipinski definition) is 6. The highest BCUT2D eigenvalue weighted by atomic mass is 35.5. The SMILES string of the molecule is C/C=C/N=C(/C=C/n1c(C)cc(OCc2ncc(F)cc2F)c(Cl)c1=O)n1cccc(C2CCOCC2)c1=O.CCCC(C)C. The third-order valence-electron chi connectivity index (χ3n) is 7.07. The first kappa shape index (κ1) is 35.6. The molecule has 0 aromatic carbocycles. The van der Waals surface area contributed by atoms with Crippen LogP contribution in [-0.4, -0.2) is 33.2 Å². The lowest BCUT2D eigenvalue weighted by Gasteiger charge is -2.22. The van der Waals surface area contributed by atoms with Gasteiger partial charge in [-0.1, -0.05) is 57.4 Å². The van der Waals surface area contributed by atoms with Crippen LogP contribution in [0.2, 0.25) is 5.02 Å². The van der Waals surface area contributed by atoms with Gasteiger partial charge >= 0.3 is 0 Å². The fourth-order valence-electron chi connectivity index (χ4n) is 4.74. The van der Waals surface area contributed by atoms with E-state index in [1.807, 2.05) is 6.07 Å². The Bertz CT molecular complexity index is 1640. The zero-order valence-corrected chi connectivity index (χ0v) is 27.2. The van der Waals surface area contributed by atoms with Gasteiger partial charge in [0.05, 0.1) is 6.20 Å². The van der Waals surface area contributed by atoms with Gasteiger partial charge in [0.15, 0.2) is 5.82 Å². The molecular formula is C34H41ClF2N4O4. The van der Waals surface area contributed by atoms with E-state index in [9.17, 15) is 18.4 Å². The van der Waals surface area contributed by atoms with Crippen molar-refractivity contribution in [3.8, 4) is 5.75 Å². The lowest BCUT2D eigenvalue weighted by Crippen LogP contribution is -2.31. The molecule has 3 aromatic rings. The summed E-state index contributed by atoms with van der Waals surface area (Å²) in [6.45, 7) is 11.1. The van der Waals surface area contributed by atoms with Crippen LogP contribution in [0.3, 0.4) is 0 Å². The molecule has 0 N–H and O–H groups in total. The maximum absolute atomic E-state index is 13.9. The minimum absolute atomic E-state index is 0.0255. The Morgan fingerprint density at radius 3 is 2.58 bits per heavy atom. The van der Waals surface area contributed by atoms with Crippen molar-refractivity contribution in [3.63, 3.8) is 0 Å². The van der Waals surface area contributed by atoms with E-state index in [0.29, 0.717) is 36.4 Å². The Labute approximate surface area is 267 Å². The van der Waals surface area contributed by atoms with Gasteiger partial charge in [-0.25, -0.2) is 13.8 Å². The smallest absolute Gasteiger partial charge is 0.277 e. The number of aryl methyl sites for hydroxylation is 1. The summed E-state index contributed by atoms with van der Waals surface area (Å²) in [6, 6.07) is 5.83. The van der Waals surface area contributed by atoms with Crippen molar-refractivity contribution in [2.24, 2.45) is 10.9 Å². The molecule has 3 aromatic heterocycles. The molecule has 0 spiro atoms. The lowest BCUT2D eigenvalue weighted by molar-refractivity contribution is 0.0850. The van der Waals surface area contributed by atoms with Crippen LogP contribution in [0.15, 0.2) is 69.6 Å². The molecule has 0 saturated carbocycles. The van der Waals surface area contributed by atoms with Crippen LogP contribution in [0.25, 0.3) is 6.20 Å². The van der Waals surface area contributed by atoms with Crippen molar-refractivity contribution < 1.29 is 18.3 Å². The molecule has 1 aliphatic heterocycles. The molecule has 0 unspecified atom stereocenters. The Morgan fingerprint density at radius 1 is 1.22 bits per heavy atom. The second-order valence-electron chi connectivity index (χ2n) is 11.0. The third-order valence-corrected chi connectivity index (χ3v) is 7.42. The monoisotopic (exact) mass is 642 g/mol. The number of rotatable bonds is 9. The highest BCUT2D eigenvalue weighted by molar-refractivity contribution is 6.31. The van der Waals surface area contributed by atoms with E-state index in [1.165, 1.54) is 40.3 Å². The van der Waals surface area contributed by atoms with Crippen molar-refractivity contribution in [2.75, 3.05) is 13.2 Å². The van der Waals surface area contributed by atoms with Crippen LogP contribution < -0.4 is 15.9 Å². The van der Waals surface area contributed by atoms with Crippen molar-refractivity contribution >= 4 is 23.6 Å². The quantitative estimate of drug-likeness (QED) is 0.178. The number of allylic oxidation sites excluding steroid dienone is 2. The minimum atomic E-state index is -0.872. The van der Waals surface area contributed by atoms with E-state index >= 15 is 0 Å². The highest BCUT2D eigenvalue weighted by Gasteiger charge is 2.20. The largest absolute Gasteiger partial charge is 0.485 e. The van der Waals surface area contributed by atoms with Crippen molar-refractivity contribution in [3.05, 3.63) is 109 Å². The lowest BCUT2D eigenvalue weighted by atomic mass is 9.93. The Kier molecular flexibility index (Phi) is 13.9. The number of halogens is 3. The minimum Gasteiger partial charge on any atom is -0.485 e. The van der Waals surface area contributed by atoms with Crippen LogP contribution >= 0.6 is 11.6 Å². The van der Waals surface area contributed by atoms with E-state index in [-0.39, 0.29) is 34.6 Å². The first-order valence-corrected chi connectivity index (χ1v) is 15.5. The fourth-order valence-corrected chi connectivity index (χ4v) is 4.95. The number of hydrogen-bond donors (Lipinski definition) is 0. The van der Waals surface area contributed by atoms with Gasteiger partial charge in [-0.3, -0.25) is 23.7 Å². The third kappa shape index (κ3) is 10.1. The van der Waals surface area contributed by atoms with Gasteiger partial charge in [0.1, 0.15) is 34.7 Å². The Morgan fingerprint density at radius 2 is 1.96 bits per heavy atom. The summed E-state index contributed by atoms with van der Waals surface area (Å²) in [5.41, 5.74) is 0.227. The van der Waals surface area contributed by atoms with Crippen LogP contribution in [0, 0.1) is 24.5 Å². The number of nitrogens with zero attached hydrogens (tertiary/aromatic N) is 4. The van der Waals surface area contributed by atoms with Gasteiger partial charge in [0.25, 0.3) is 11.1 Å². The van der Waals surface area contributed by atoms with Gasteiger partial charge in [-0.05, 0) is 50.7 Å². The standard InChI is InChI=1S/C28H27ClF2N4O4.C6H14/c1-3-9-32-25(35-10-4-5-21(27(35)36)19-7-12-38-13-8-19)6-11-34-18(2)14-24(26(29)28(34)37)39-17-23-22(31)15-20(30)16-33-23;1-4-5-6(2)3/h3-6,9-11,14-16,19H,7-8,12-13,17H2,1-2H3;6H,4-5H2,1-3H3/b9-3+,11-6+,32-25-;. The van der Waals surface area contributed by atoms with E-state index in [0.717, 1.165) is 25.0 Å². The van der Waals surface area contributed by atoms with Crippen LogP contribution in [0.5, 0.6) is 5.75 Å². The van der Waals surface area contributed by atoms with Crippen molar-refractivity contribution in [2.45, 2.75) is 72.8 Å². The second kappa shape index (κ2) is 17.6. The van der Waals surface area contributed by atoms with Gasteiger partial charge in [0.2, 0.25) is 0 Å². The zero-order valence-electron chi connectivity index (χ0n) is 26.4. The summed E-state index contributed by atoms with van der Waals surface area (Å²) in [7, 11) is 0. The summed E-state index contributed by atoms with van der Waals surface area (Å²) >= 11 is 6.28. The summed E-state index contributed by atoms with van der Waals surface area (Å²) in [5, 5.41) is -0.238. The van der Waals surface area contributed by atoms with Crippen LogP contribution in [0.1, 0.15) is 76.2 Å². The topological polar surface area (TPSA) is 87.7 Å². The molecule has 0 amide bonds. The highest BCUT2D eigenvalue weighted by Crippen LogP contribution is 2.25. The number of ether oxygens (including phenoxy) is 2. The molecule has 242 valence electrons. The molecule has 0 radical (unpaired) electrons. The first-order valence-electron chi connectivity index (χ1n) is 15.1. The van der Waals surface area contributed by atoms with E-state index in [4.69, 9.17) is 21.1 Å². The Balaban J connectivity index is 0.000000838. The maximum atomic E-state index is 13.9. The molecule has 4 heterocycles. The molecule has 0 atom stereocenters. The van der Waals surface area contributed by atoms with Gasteiger partial charge < -0.3 is 9.47 Å². The van der Waals surface area contributed by atoms with Crippen molar-refractivity contribution in [1.82, 2.24) is 14.1 Å². The molecule has 1 fully saturated rings. The molecule has 4 rings (SSSR count). The van der Waals surface area contributed by atoms with Gasteiger partial charge in [-0.15, -0.1) is 0 Å². The number of aromatic nitrogens is 3. The normalized spacial score (nSPS) is 14.3. The van der Waals surface area contributed by atoms with Gasteiger partial charge in [0, 0.05) is 55.2 Å². The van der Waals surface area contributed by atoms with Crippen LogP contribution in [0.4, 0.5) is 8.78 Å². The number of aliphatic imine (C=N–C) groups is 1. The molecule has 45 heavy (non-hydrogen) atoms. The van der Waals surface area contributed by atoms with Gasteiger partial charge in [-0.2, -0.15) is 0 Å². The molecule has 11 heteroatoms. The summed E-state index contributed by atoms with van der Waals surface area (Å²) in [5.74, 6) is -0.363. The first-order chi connectivity index (χ1) is 21.6. The summed E-state index contributed by atoms with van der Waals surface area (Å²) in [4.78, 5) is 34.5. The molecule has 0 bridgehead atoms. The predicted molar refractivity (Wildman–Crippen MR) is 175 cm³/mol. The number of pyridine rings is 3. The zero-order chi connectivity index (χ0) is 32.9. The molecule has 0 aliphatic carbocycles. The van der Waals surface area contributed by atoms with Crippen molar-refractivity contribution in [1.29, 1.82) is 0 Å². The van der Waals surface area contributed by atoms with E-state index < -0.39 is 17.2 Å². The second-order valence-corrected chi connectivity index (χ2v) is 11.4. The molecule has 8 nitrogen and oxygen atoms in total. The Hall–Kier alpha value is -3.89. The van der Waals surface area contributed by atoms with Crippen LogP contribution in [-0.2, 0) is 11.3 Å². The average Bonchev–Trinajstić information content (AvgIpc) is 3.01. The summed E-state index contributed by atoms with van der Waals surface area (Å²) < 4.78 is 40.7. The van der Waals surface area contributed by atoms with E-state index in [1.54, 1.807) is 38.4 Å². The maximum Gasteiger partial charge on any atom is 0.277 e. The predicted octanol–water partition coefficient (Wildman–Crippen LogP) is 7.51. The molecule has 1 aliphatic rings. The van der Waals surface area contributed by atoms with E-state index in [2.05, 4.69) is 30.7 Å². The fraction of sp³-hybridized carbons (Fsp3) is 0.412. The summed E-state index contributed by atoms with van der Waals surface area (Å²) in [6.07, 6.45) is 13.0. The molecule has 1 saturated heterocycles.